The van der Waals surface area contributed by atoms with Crippen molar-refractivity contribution in [3.05, 3.63) is 76.6 Å². The summed E-state index contributed by atoms with van der Waals surface area (Å²) in [6.45, 7) is 3.97. The molecule has 0 saturated heterocycles. The largest absolute Gasteiger partial charge is 0.346 e. The Morgan fingerprint density at radius 3 is 2.56 bits per heavy atom. The summed E-state index contributed by atoms with van der Waals surface area (Å²) in [6.07, 6.45) is 3.46. The van der Waals surface area contributed by atoms with E-state index in [1.165, 1.54) is 5.56 Å². The second-order valence-corrected chi connectivity index (χ2v) is 7.80. The maximum absolute atomic E-state index is 12.4. The minimum atomic E-state index is -0.0703. The molecular formula is C19H19N3OS2. The molecule has 3 rings (SSSR count). The second kappa shape index (κ2) is 8.27. The van der Waals surface area contributed by atoms with Gasteiger partial charge in [-0.2, -0.15) is 0 Å². The van der Waals surface area contributed by atoms with Crippen LogP contribution >= 0.6 is 23.1 Å². The molecule has 0 aliphatic heterocycles. The topological polar surface area (TPSA) is 54.9 Å². The SMILES string of the molecule is Cc1csc(SCc2ccc(C(=O)NC(C)c3ccncc3)cc2)n1. The van der Waals surface area contributed by atoms with Crippen molar-refractivity contribution in [3.63, 3.8) is 0 Å². The van der Waals surface area contributed by atoms with Crippen molar-refractivity contribution in [1.29, 1.82) is 0 Å². The molecule has 0 saturated carbocycles. The van der Waals surface area contributed by atoms with Gasteiger partial charge >= 0.3 is 0 Å². The van der Waals surface area contributed by atoms with Crippen molar-refractivity contribution < 1.29 is 4.79 Å². The van der Waals surface area contributed by atoms with Crippen LogP contribution in [0.15, 0.2) is 58.5 Å². The van der Waals surface area contributed by atoms with Gasteiger partial charge < -0.3 is 5.32 Å². The molecule has 128 valence electrons. The molecule has 6 heteroatoms. The molecule has 0 spiro atoms. The number of rotatable bonds is 6. The van der Waals surface area contributed by atoms with Crippen LogP contribution < -0.4 is 5.32 Å². The van der Waals surface area contributed by atoms with E-state index in [0.29, 0.717) is 5.56 Å². The van der Waals surface area contributed by atoms with Gasteiger partial charge in [-0.15, -0.1) is 11.3 Å². The van der Waals surface area contributed by atoms with Crippen molar-refractivity contribution in [1.82, 2.24) is 15.3 Å². The van der Waals surface area contributed by atoms with Crippen LogP contribution in [0.5, 0.6) is 0 Å². The summed E-state index contributed by atoms with van der Waals surface area (Å²) in [5.41, 5.74) is 3.94. The zero-order valence-electron chi connectivity index (χ0n) is 14.1. The van der Waals surface area contributed by atoms with E-state index < -0.39 is 0 Å². The van der Waals surface area contributed by atoms with Crippen LogP contribution in [-0.2, 0) is 5.75 Å². The zero-order chi connectivity index (χ0) is 17.6. The summed E-state index contributed by atoms with van der Waals surface area (Å²) in [4.78, 5) is 20.8. The van der Waals surface area contributed by atoms with Crippen LogP contribution in [0, 0.1) is 6.92 Å². The lowest BCUT2D eigenvalue weighted by Crippen LogP contribution is -2.26. The summed E-state index contributed by atoms with van der Waals surface area (Å²) in [5, 5.41) is 5.07. The van der Waals surface area contributed by atoms with E-state index in [0.717, 1.165) is 21.3 Å². The number of aryl methyl sites for hydroxylation is 1. The molecular weight excluding hydrogens is 350 g/mol. The predicted octanol–water partition coefficient (Wildman–Crippen LogP) is 4.63. The van der Waals surface area contributed by atoms with Crippen LogP contribution in [0.2, 0.25) is 0 Å². The Labute approximate surface area is 155 Å². The number of carbonyl (C=O) groups is 1. The van der Waals surface area contributed by atoms with E-state index >= 15 is 0 Å². The van der Waals surface area contributed by atoms with Gasteiger partial charge in [0.25, 0.3) is 5.91 Å². The Morgan fingerprint density at radius 2 is 1.92 bits per heavy atom. The molecule has 1 unspecified atom stereocenters. The minimum Gasteiger partial charge on any atom is -0.346 e. The van der Waals surface area contributed by atoms with Crippen molar-refractivity contribution in [3.8, 4) is 0 Å². The molecule has 2 heterocycles. The highest BCUT2D eigenvalue weighted by Crippen LogP contribution is 2.26. The van der Waals surface area contributed by atoms with Gasteiger partial charge in [-0.05, 0) is 49.2 Å². The highest BCUT2D eigenvalue weighted by molar-refractivity contribution is 8.00. The van der Waals surface area contributed by atoms with Crippen LogP contribution in [0.25, 0.3) is 0 Å². The molecule has 2 aromatic heterocycles. The zero-order valence-corrected chi connectivity index (χ0v) is 15.7. The van der Waals surface area contributed by atoms with E-state index in [-0.39, 0.29) is 11.9 Å². The lowest BCUT2D eigenvalue weighted by Gasteiger charge is -2.14. The number of aromatic nitrogens is 2. The van der Waals surface area contributed by atoms with E-state index in [1.54, 1.807) is 35.5 Å². The molecule has 0 radical (unpaired) electrons. The average Bonchev–Trinajstić information content (AvgIpc) is 3.06. The Kier molecular flexibility index (Phi) is 5.83. The molecule has 0 bridgehead atoms. The maximum atomic E-state index is 12.4. The highest BCUT2D eigenvalue weighted by atomic mass is 32.2. The first-order valence-corrected chi connectivity index (χ1v) is 9.83. The van der Waals surface area contributed by atoms with Crippen molar-refractivity contribution in [2.24, 2.45) is 0 Å². The number of nitrogens with zero attached hydrogens (tertiary/aromatic N) is 2. The van der Waals surface area contributed by atoms with Gasteiger partial charge in [0.1, 0.15) is 4.34 Å². The summed E-state index contributed by atoms with van der Waals surface area (Å²) in [6, 6.07) is 11.5. The molecule has 25 heavy (non-hydrogen) atoms. The quantitative estimate of drug-likeness (QED) is 0.644. The second-order valence-electron chi connectivity index (χ2n) is 5.72. The van der Waals surface area contributed by atoms with Crippen LogP contribution in [0.3, 0.4) is 0 Å². The molecule has 4 nitrogen and oxygen atoms in total. The van der Waals surface area contributed by atoms with E-state index in [2.05, 4.69) is 20.7 Å². The van der Waals surface area contributed by atoms with Crippen molar-refractivity contribution in [2.75, 3.05) is 0 Å². The molecule has 3 aromatic rings. The molecule has 1 N–H and O–H groups in total. The third-order valence-electron chi connectivity index (χ3n) is 3.73. The fourth-order valence-electron chi connectivity index (χ4n) is 2.31. The number of hydrogen-bond donors (Lipinski definition) is 1. The van der Waals surface area contributed by atoms with E-state index in [1.807, 2.05) is 50.2 Å². The van der Waals surface area contributed by atoms with Gasteiger partial charge in [0.2, 0.25) is 0 Å². The van der Waals surface area contributed by atoms with Gasteiger partial charge in [-0.1, -0.05) is 23.9 Å². The number of amides is 1. The number of thiazole rings is 1. The first-order valence-electron chi connectivity index (χ1n) is 7.96. The summed E-state index contributed by atoms with van der Waals surface area (Å²) in [7, 11) is 0. The van der Waals surface area contributed by atoms with E-state index in [9.17, 15) is 4.79 Å². The Morgan fingerprint density at radius 1 is 1.20 bits per heavy atom. The highest BCUT2D eigenvalue weighted by Gasteiger charge is 2.11. The number of hydrogen-bond acceptors (Lipinski definition) is 5. The van der Waals surface area contributed by atoms with Gasteiger partial charge in [0.05, 0.1) is 6.04 Å². The molecule has 1 atom stereocenters. The van der Waals surface area contributed by atoms with Gasteiger partial charge in [0, 0.05) is 34.8 Å². The minimum absolute atomic E-state index is 0.0566. The van der Waals surface area contributed by atoms with Crippen molar-refractivity contribution in [2.45, 2.75) is 30.0 Å². The Balaban J connectivity index is 1.57. The van der Waals surface area contributed by atoms with Crippen LogP contribution in [0.4, 0.5) is 0 Å². The number of nitrogens with one attached hydrogen (secondary N) is 1. The summed E-state index contributed by atoms with van der Waals surface area (Å²) < 4.78 is 1.07. The van der Waals surface area contributed by atoms with E-state index in [4.69, 9.17) is 0 Å². The fraction of sp³-hybridized carbons (Fsp3) is 0.211. The third kappa shape index (κ3) is 4.90. The fourth-order valence-corrected chi connectivity index (χ4v) is 4.12. The molecule has 1 amide bonds. The Bertz CT molecular complexity index is 831. The smallest absolute Gasteiger partial charge is 0.251 e. The first-order chi connectivity index (χ1) is 12.1. The summed E-state index contributed by atoms with van der Waals surface area (Å²) >= 11 is 3.38. The number of benzene rings is 1. The normalized spacial score (nSPS) is 11.9. The van der Waals surface area contributed by atoms with Gasteiger partial charge in [0.15, 0.2) is 0 Å². The number of carbonyl (C=O) groups excluding carboxylic acids is 1. The maximum Gasteiger partial charge on any atom is 0.251 e. The molecule has 0 aliphatic carbocycles. The molecule has 1 aromatic carbocycles. The first kappa shape index (κ1) is 17.6. The predicted molar refractivity (Wildman–Crippen MR) is 103 cm³/mol. The number of thioether (sulfide) groups is 1. The van der Waals surface area contributed by atoms with Gasteiger partial charge in [-0.25, -0.2) is 4.98 Å². The van der Waals surface area contributed by atoms with Crippen molar-refractivity contribution >= 4 is 29.0 Å². The standard InChI is InChI=1S/C19H19N3OS2/c1-13-11-24-19(21-13)25-12-15-3-5-17(6-4-15)18(23)22-14(2)16-7-9-20-10-8-16/h3-11,14H,12H2,1-2H3,(H,22,23). The Hall–Kier alpha value is -2.18. The lowest BCUT2D eigenvalue weighted by atomic mass is 10.1. The summed E-state index contributed by atoms with van der Waals surface area (Å²) in [5.74, 6) is 0.779. The molecule has 0 aliphatic rings. The monoisotopic (exact) mass is 369 g/mol. The lowest BCUT2D eigenvalue weighted by molar-refractivity contribution is 0.0940. The average molecular weight is 370 g/mol. The van der Waals surface area contributed by atoms with Gasteiger partial charge in [-0.3, -0.25) is 9.78 Å². The van der Waals surface area contributed by atoms with Crippen LogP contribution in [0.1, 0.15) is 40.1 Å². The number of pyridine rings is 1. The van der Waals surface area contributed by atoms with Crippen LogP contribution in [-0.4, -0.2) is 15.9 Å². The third-order valence-corrected chi connectivity index (χ3v) is 5.94. The molecule has 0 fully saturated rings.